The summed E-state index contributed by atoms with van der Waals surface area (Å²) in [7, 11) is 1.54. The maximum absolute atomic E-state index is 10.3. The second kappa shape index (κ2) is 4.84. The van der Waals surface area contributed by atoms with Gasteiger partial charge >= 0.3 is 0 Å². The number of aliphatic hydroxyl groups excluding tert-OH is 1. The number of rotatable bonds is 3. The largest absolute Gasteiger partial charge is 0.495 e. The number of pyridine rings is 1. The molecular formula is C13H14N2O2. The molecule has 0 aliphatic carbocycles. The minimum Gasteiger partial charge on any atom is -0.495 e. The lowest BCUT2D eigenvalue weighted by atomic mass is 10.0. The van der Waals surface area contributed by atoms with Gasteiger partial charge in [0.15, 0.2) is 0 Å². The summed E-state index contributed by atoms with van der Waals surface area (Å²) >= 11 is 0. The zero-order valence-corrected chi connectivity index (χ0v) is 9.50. The van der Waals surface area contributed by atoms with Gasteiger partial charge < -0.3 is 15.6 Å². The summed E-state index contributed by atoms with van der Waals surface area (Å²) in [6.45, 7) is 0. The van der Waals surface area contributed by atoms with Crippen molar-refractivity contribution >= 4 is 5.69 Å². The first-order valence-corrected chi connectivity index (χ1v) is 5.25. The molecule has 0 fully saturated rings. The molecule has 1 unspecified atom stereocenters. The Morgan fingerprint density at radius 2 is 2.00 bits per heavy atom. The van der Waals surface area contributed by atoms with Crippen LogP contribution >= 0.6 is 0 Å². The molecule has 88 valence electrons. The first-order chi connectivity index (χ1) is 8.24. The lowest BCUT2D eigenvalue weighted by Gasteiger charge is -2.15. The van der Waals surface area contributed by atoms with Crippen LogP contribution in [0.1, 0.15) is 17.4 Å². The molecule has 0 aliphatic heterocycles. The summed E-state index contributed by atoms with van der Waals surface area (Å²) in [5.41, 5.74) is 7.45. The van der Waals surface area contributed by atoms with Gasteiger partial charge in [0, 0.05) is 17.4 Å². The number of nitrogens with zero attached hydrogens (tertiary/aromatic N) is 1. The third-order valence-corrected chi connectivity index (χ3v) is 2.57. The predicted octanol–water partition coefficient (Wildman–Crippen LogP) is 1.75. The quantitative estimate of drug-likeness (QED) is 0.788. The summed E-state index contributed by atoms with van der Waals surface area (Å²) in [6, 6.07) is 10.7. The van der Waals surface area contributed by atoms with E-state index >= 15 is 0 Å². The molecule has 0 radical (unpaired) electrons. The van der Waals surface area contributed by atoms with E-state index < -0.39 is 6.10 Å². The van der Waals surface area contributed by atoms with Crippen LogP contribution in [-0.2, 0) is 0 Å². The Balaban J connectivity index is 2.44. The van der Waals surface area contributed by atoms with E-state index in [1.54, 1.807) is 37.6 Å². The van der Waals surface area contributed by atoms with Crippen LogP contribution in [0.2, 0.25) is 0 Å². The zero-order chi connectivity index (χ0) is 12.3. The highest BCUT2D eigenvalue weighted by Gasteiger charge is 2.18. The smallest absolute Gasteiger partial charge is 0.143 e. The second-order valence-electron chi connectivity index (χ2n) is 3.62. The van der Waals surface area contributed by atoms with Crippen molar-refractivity contribution in [3.05, 3.63) is 53.9 Å². The van der Waals surface area contributed by atoms with E-state index in [0.717, 1.165) is 0 Å². The van der Waals surface area contributed by atoms with Crippen LogP contribution in [0.4, 0.5) is 5.69 Å². The Labute approximate surface area is 99.7 Å². The van der Waals surface area contributed by atoms with Gasteiger partial charge in [0.1, 0.15) is 17.5 Å². The van der Waals surface area contributed by atoms with Gasteiger partial charge in [0.25, 0.3) is 0 Å². The number of aliphatic hydroxyl groups is 1. The molecule has 2 rings (SSSR count). The minimum absolute atomic E-state index is 0.466. The van der Waals surface area contributed by atoms with Crippen LogP contribution in [0.5, 0.6) is 5.75 Å². The maximum atomic E-state index is 10.3. The SMILES string of the molecule is COc1cccnc1C(O)c1ccccc1N. The molecule has 1 aromatic heterocycles. The van der Waals surface area contributed by atoms with Crippen molar-refractivity contribution in [3.63, 3.8) is 0 Å². The van der Waals surface area contributed by atoms with Crippen LogP contribution in [-0.4, -0.2) is 17.2 Å². The summed E-state index contributed by atoms with van der Waals surface area (Å²) < 4.78 is 5.16. The number of methoxy groups -OCH3 is 1. The molecule has 4 heteroatoms. The molecule has 0 aliphatic rings. The monoisotopic (exact) mass is 230 g/mol. The third-order valence-electron chi connectivity index (χ3n) is 2.57. The standard InChI is InChI=1S/C13H14N2O2/c1-17-11-7-4-8-15-12(11)13(16)9-5-2-3-6-10(9)14/h2-8,13,16H,14H2,1H3. The van der Waals surface area contributed by atoms with Gasteiger partial charge in [-0.25, -0.2) is 0 Å². The molecule has 1 atom stereocenters. The predicted molar refractivity (Wildman–Crippen MR) is 65.7 cm³/mol. The Bertz CT molecular complexity index is 514. The van der Waals surface area contributed by atoms with Gasteiger partial charge in [-0.2, -0.15) is 0 Å². The summed E-state index contributed by atoms with van der Waals surface area (Å²) in [6.07, 6.45) is 0.729. The summed E-state index contributed by atoms with van der Waals surface area (Å²) in [5.74, 6) is 0.545. The highest BCUT2D eigenvalue weighted by molar-refractivity contribution is 5.51. The number of nitrogen functional groups attached to an aromatic ring is 1. The molecule has 4 nitrogen and oxygen atoms in total. The Hall–Kier alpha value is -2.07. The number of aromatic nitrogens is 1. The van der Waals surface area contributed by atoms with E-state index in [2.05, 4.69) is 4.98 Å². The number of anilines is 1. The molecule has 17 heavy (non-hydrogen) atoms. The Morgan fingerprint density at radius 1 is 1.24 bits per heavy atom. The van der Waals surface area contributed by atoms with Gasteiger partial charge in [0.05, 0.1) is 7.11 Å². The average Bonchev–Trinajstić information content (AvgIpc) is 2.38. The average molecular weight is 230 g/mol. The van der Waals surface area contributed by atoms with Crippen molar-refractivity contribution in [3.8, 4) is 5.75 Å². The molecule has 0 saturated heterocycles. The lowest BCUT2D eigenvalue weighted by molar-refractivity contribution is 0.210. The van der Waals surface area contributed by atoms with E-state index in [1.807, 2.05) is 12.1 Å². The van der Waals surface area contributed by atoms with Gasteiger partial charge in [-0.3, -0.25) is 4.98 Å². The number of nitrogens with two attached hydrogens (primary N) is 1. The molecule has 1 aromatic carbocycles. The Morgan fingerprint density at radius 3 is 2.71 bits per heavy atom. The maximum Gasteiger partial charge on any atom is 0.143 e. The zero-order valence-electron chi connectivity index (χ0n) is 9.50. The molecular weight excluding hydrogens is 216 g/mol. The fourth-order valence-corrected chi connectivity index (χ4v) is 1.69. The number of benzene rings is 1. The van der Waals surface area contributed by atoms with E-state index in [-0.39, 0.29) is 0 Å². The topological polar surface area (TPSA) is 68.4 Å². The van der Waals surface area contributed by atoms with E-state index in [1.165, 1.54) is 0 Å². The highest BCUT2D eigenvalue weighted by atomic mass is 16.5. The van der Waals surface area contributed by atoms with Gasteiger partial charge in [-0.05, 0) is 18.2 Å². The van der Waals surface area contributed by atoms with Crippen LogP contribution in [0.25, 0.3) is 0 Å². The van der Waals surface area contributed by atoms with E-state index in [0.29, 0.717) is 22.7 Å². The summed E-state index contributed by atoms with van der Waals surface area (Å²) in [5, 5.41) is 10.3. The first kappa shape index (κ1) is 11.4. The van der Waals surface area contributed by atoms with Crippen molar-refractivity contribution in [2.45, 2.75) is 6.10 Å². The molecule has 0 spiro atoms. The van der Waals surface area contributed by atoms with Crippen LogP contribution in [0.15, 0.2) is 42.6 Å². The molecule has 0 bridgehead atoms. The summed E-state index contributed by atoms with van der Waals surface area (Å²) in [4.78, 5) is 4.14. The van der Waals surface area contributed by atoms with Crippen LogP contribution < -0.4 is 10.5 Å². The van der Waals surface area contributed by atoms with E-state index in [9.17, 15) is 5.11 Å². The van der Waals surface area contributed by atoms with Crippen molar-refractivity contribution in [1.29, 1.82) is 0 Å². The fraction of sp³-hybridized carbons (Fsp3) is 0.154. The molecule has 0 saturated carbocycles. The fourth-order valence-electron chi connectivity index (χ4n) is 1.69. The highest BCUT2D eigenvalue weighted by Crippen LogP contribution is 2.30. The van der Waals surface area contributed by atoms with Gasteiger partial charge in [0.2, 0.25) is 0 Å². The minimum atomic E-state index is -0.882. The first-order valence-electron chi connectivity index (χ1n) is 5.25. The van der Waals surface area contributed by atoms with Gasteiger partial charge in [-0.1, -0.05) is 18.2 Å². The third kappa shape index (κ3) is 2.21. The second-order valence-corrected chi connectivity index (χ2v) is 3.62. The molecule has 3 N–H and O–H groups in total. The van der Waals surface area contributed by atoms with Crippen LogP contribution in [0, 0.1) is 0 Å². The van der Waals surface area contributed by atoms with Gasteiger partial charge in [-0.15, -0.1) is 0 Å². The van der Waals surface area contributed by atoms with E-state index in [4.69, 9.17) is 10.5 Å². The Kier molecular flexibility index (Phi) is 3.25. The molecule has 2 aromatic rings. The number of para-hydroxylation sites is 1. The van der Waals surface area contributed by atoms with Crippen molar-refractivity contribution in [2.24, 2.45) is 0 Å². The normalized spacial score (nSPS) is 12.1. The number of ether oxygens (including phenoxy) is 1. The van der Waals surface area contributed by atoms with Crippen molar-refractivity contribution in [1.82, 2.24) is 4.98 Å². The molecule has 0 amide bonds. The van der Waals surface area contributed by atoms with Crippen molar-refractivity contribution in [2.75, 3.05) is 12.8 Å². The number of hydrogen-bond acceptors (Lipinski definition) is 4. The number of hydrogen-bond donors (Lipinski definition) is 2. The lowest BCUT2D eigenvalue weighted by Crippen LogP contribution is -2.07. The van der Waals surface area contributed by atoms with Crippen molar-refractivity contribution < 1.29 is 9.84 Å². The molecule has 1 heterocycles. The van der Waals surface area contributed by atoms with Crippen LogP contribution in [0.3, 0.4) is 0 Å².